The molecule has 2 rings (SSSR count). The van der Waals surface area contributed by atoms with E-state index in [0.29, 0.717) is 13.1 Å². The maximum Gasteiger partial charge on any atom is 0.410 e. The highest BCUT2D eigenvalue weighted by molar-refractivity contribution is 5.68. The molecule has 1 saturated heterocycles. The van der Waals surface area contributed by atoms with E-state index in [1.165, 1.54) is 5.56 Å². The third kappa shape index (κ3) is 4.95. The normalized spacial score (nSPS) is 23.8. The van der Waals surface area contributed by atoms with Crippen molar-refractivity contribution in [3.05, 3.63) is 35.9 Å². The van der Waals surface area contributed by atoms with Crippen LogP contribution in [0.4, 0.5) is 4.79 Å². The van der Waals surface area contributed by atoms with Crippen molar-refractivity contribution in [2.75, 3.05) is 13.1 Å². The van der Waals surface area contributed by atoms with Crippen LogP contribution >= 0.6 is 0 Å². The highest BCUT2D eigenvalue weighted by Crippen LogP contribution is 2.22. The van der Waals surface area contributed by atoms with Crippen molar-refractivity contribution in [2.24, 2.45) is 0 Å². The molecule has 0 aliphatic carbocycles. The summed E-state index contributed by atoms with van der Waals surface area (Å²) in [6.07, 6.45) is -0.828. The Bertz CT molecular complexity index is 539. The van der Waals surface area contributed by atoms with Gasteiger partial charge in [0.2, 0.25) is 0 Å². The Kier molecular flexibility index (Phi) is 5.88. The van der Waals surface area contributed by atoms with E-state index in [4.69, 9.17) is 4.74 Å². The first kappa shape index (κ1) is 18.7. The van der Waals surface area contributed by atoms with Crippen LogP contribution in [0.15, 0.2) is 30.3 Å². The Balaban J connectivity index is 2.10. The van der Waals surface area contributed by atoms with Crippen molar-refractivity contribution in [3.63, 3.8) is 0 Å². The van der Waals surface area contributed by atoms with Gasteiger partial charge < -0.3 is 14.7 Å². The molecule has 5 heteroatoms. The van der Waals surface area contributed by atoms with Crippen LogP contribution in [0, 0.1) is 0 Å². The first-order valence-electron chi connectivity index (χ1n) is 8.63. The number of amides is 1. The minimum absolute atomic E-state index is 0.0403. The summed E-state index contributed by atoms with van der Waals surface area (Å²) >= 11 is 0. The van der Waals surface area contributed by atoms with Crippen LogP contribution in [0.2, 0.25) is 0 Å². The fourth-order valence-corrected chi connectivity index (χ4v) is 3.10. The van der Waals surface area contributed by atoms with E-state index in [2.05, 4.69) is 17.0 Å². The van der Waals surface area contributed by atoms with E-state index in [-0.39, 0.29) is 18.2 Å². The van der Waals surface area contributed by atoms with E-state index in [9.17, 15) is 9.90 Å². The SMILES string of the molecule is C[C@H](O)[C@@H]1CN(C(=O)OC(C)(C)C)[C@H](C)CN1Cc1ccccc1. The zero-order chi connectivity index (χ0) is 17.9. The number of aliphatic hydroxyl groups excluding tert-OH is 1. The predicted octanol–water partition coefficient (Wildman–Crippen LogP) is 2.88. The molecule has 0 unspecified atom stereocenters. The minimum atomic E-state index is -0.522. The number of carbonyl (C=O) groups excluding carboxylic acids is 1. The van der Waals surface area contributed by atoms with Crippen LogP contribution in [-0.4, -0.2) is 57.9 Å². The summed E-state index contributed by atoms with van der Waals surface area (Å²) in [4.78, 5) is 16.5. The van der Waals surface area contributed by atoms with Gasteiger partial charge in [0.1, 0.15) is 5.60 Å². The lowest BCUT2D eigenvalue weighted by Gasteiger charge is -2.46. The highest BCUT2D eigenvalue weighted by Gasteiger charge is 2.38. The van der Waals surface area contributed by atoms with Gasteiger partial charge in [0.15, 0.2) is 0 Å². The summed E-state index contributed by atoms with van der Waals surface area (Å²) in [6.45, 7) is 11.4. The molecule has 134 valence electrons. The largest absolute Gasteiger partial charge is 0.444 e. The summed E-state index contributed by atoms with van der Waals surface area (Å²) in [5.41, 5.74) is 0.694. The molecule has 1 aromatic carbocycles. The molecule has 5 nitrogen and oxygen atoms in total. The number of ether oxygens (including phenoxy) is 1. The molecule has 0 spiro atoms. The fraction of sp³-hybridized carbons (Fsp3) is 0.632. The van der Waals surface area contributed by atoms with Crippen LogP contribution in [0.5, 0.6) is 0 Å². The molecule has 1 aliphatic heterocycles. The second kappa shape index (κ2) is 7.53. The van der Waals surface area contributed by atoms with E-state index < -0.39 is 11.7 Å². The van der Waals surface area contributed by atoms with E-state index in [0.717, 1.165) is 6.54 Å². The molecule has 1 N–H and O–H groups in total. The molecule has 0 radical (unpaired) electrons. The minimum Gasteiger partial charge on any atom is -0.444 e. The van der Waals surface area contributed by atoms with Gasteiger partial charge in [0.25, 0.3) is 0 Å². The van der Waals surface area contributed by atoms with E-state index >= 15 is 0 Å². The molecule has 1 aromatic rings. The van der Waals surface area contributed by atoms with Crippen molar-refractivity contribution < 1.29 is 14.6 Å². The molecule has 0 bridgehead atoms. The molecule has 0 aromatic heterocycles. The van der Waals surface area contributed by atoms with Crippen molar-refractivity contribution in [1.82, 2.24) is 9.80 Å². The zero-order valence-corrected chi connectivity index (χ0v) is 15.4. The lowest BCUT2D eigenvalue weighted by molar-refractivity contribution is -0.0402. The van der Waals surface area contributed by atoms with Crippen LogP contribution in [0.1, 0.15) is 40.2 Å². The molecule has 1 aliphatic rings. The maximum absolute atomic E-state index is 12.5. The Morgan fingerprint density at radius 2 is 1.92 bits per heavy atom. The Labute approximate surface area is 145 Å². The summed E-state index contributed by atoms with van der Waals surface area (Å²) in [6, 6.07) is 10.2. The molecule has 0 saturated carbocycles. The predicted molar refractivity (Wildman–Crippen MR) is 94.7 cm³/mol. The Morgan fingerprint density at radius 1 is 1.29 bits per heavy atom. The first-order chi connectivity index (χ1) is 11.2. The second-order valence-electron chi connectivity index (χ2n) is 7.70. The number of aliphatic hydroxyl groups is 1. The second-order valence-corrected chi connectivity index (χ2v) is 7.70. The van der Waals surface area contributed by atoms with Gasteiger partial charge in [-0.2, -0.15) is 0 Å². The van der Waals surface area contributed by atoms with Crippen molar-refractivity contribution in [3.8, 4) is 0 Å². The summed E-state index contributed by atoms with van der Waals surface area (Å²) in [5, 5.41) is 10.2. The van der Waals surface area contributed by atoms with Gasteiger partial charge in [-0.1, -0.05) is 30.3 Å². The molecular formula is C19H30N2O3. The van der Waals surface area contributed by atoms with Gasteiger partial charge >= 0.3 is 6.09 Å². The number of piperazine rings is 1. The molecule has 1 heterocycles. The van der Waals surface area contributed by atoms with Gasteiger partial charge in [-0.05, 0) is 40.2 Å². The number of hydrogen-bond acceptors (Lipinski definition) is 4. The van der Waals surface area contributed by atoms with Gasteiger partial charge in [-0.3, -0.25) is 4.90 Å². The van der Waals surface area contributed by atoms with Gasteiger partial charge in [0, 0.05) is 25.7 Å². The van der Waals surface area contributed by atoms with Crippen molar-refractivity contribution >= 4 is 6.09 Å². The summed E-state index contributed by atoms with van der Waals surface area (Å²) in [5.74, 6) is 0. The lowest BCUT2D eigenvalue weighted by atomic mass is 10.0. The molecule has 1 fully saturated rings. The average molecular weight is 334 g/mol. The first-order valence-corrected chi connectivity index (χ1v) is 8.63. The number of nitrogens with zero attached hydrogens (tertiary/aromatic N) is 2. The van der Waals surface area contributed by atoms with Crippen LogP contribution in [0.3, 0.4) is 0 Å². The number of rotatable bonds is 3. The summed E-state index contributed by atoms with van der Waals surface area (Å²) in [7, 11) is 0. The number of benzene rings is 1. The number of carbonyl (C=O) groups is 1. The molecule has 3 atom stereocenters. The fourth-order valence-electron chi connectivity index (χ4n) is 3.10. The zero-order valence-electron chi connectivity index (χ0n) is 15.4. The number of hydrogen-bond donors (Lipinski definition) is 1. The van der Waals surface area contributed by atoms with E-state index in [1.54, 1.807) is 11.8 Å². The monoisotopic (exact) mass is 334 g/mol. The van der Waals surface area contributed by atoms with Crippen LogP contribution in [0.25, 0.3) is 0 Å². The average Bonchev–Trinajstić information content (AvgIpc) is 2.46. The lowest BCUT2D eigenvalue weighted by Crippen LogP contribution is -2.61. The molecule has 1 amide bonds. The summed E-state index contributed by atoms with van der Waals surface area (Å²) < 4.78 is 5.52. The topological polar surface area (TPSA) is 53.0 Å². The quantitative estimate of drug-likeness (QED) is 0.923. The van der Waals surface area contributed by atoms with Crippen molar-refractivity contribution in [1.29, 1.82) is 0 Å². The molecular weight excluding hydrogens is 304 g/mol. The van der Waals surface area contributed by atoms with Crippen LogP contribution < -0.4 is 0 Å². The van der Waals surface area contributed by atoms with Gasteiger partial charge in [-0.25, -0.2) is 4.79 Å². The Morgan fingerprint density at radius 3 is 2.46 bits per heavy atom. The van der Waals surface area contributed by atoms with E-state index in [1.807, 2.05) is 45.9 Å². The van der Waals surface area contributed by atoms with Gasteiger partial charge in [-0.15, -0.1) is 0 Å². The third-order valence-electron chi connectivity index (χ3n) is 4.30. The third-order valence-corrected chi connectivity index (χ3v) is 4.30. The Hall–Kier alpha value is -1.59. The van der Waals surface area contributed by atoms with Crippen LogP contribution in [-0.2, 0) is 11.3 Å². The highest BCUT2D eigenvalue weighted by atomic mass is 16.6. The van der Waals surface area contributed by atoms with Gasteiger partial charge in [0.05, 0.1) is 12.1 Å². The standard InChI is InChI=1S/C19H30N2O3/c1-14-11-20(12-16-9-7-6-8-10-16)17(15(2)22)13-21(14)18(23)24-19(3,4)5/h6-10,14-15,17,22H,11-13H2,1-5H3/t14-,15+,17+/m1/s1. The molecule has 24 heavy (non-hydrogen) atoms. The smallest absolute Gasteiger partial charge is 0.410 e. The maximum atomic E-state index is 12.5. The van der Waals surface area contributed by atoms with Crippen molar-refractivity contribution in [2.45, 2.75) is 65.0 Å².